The van der Waals surface area contributed by atoms with Crippen LogP contribution in [0.15, 0.2) is 78.9 Å². The molecule has 1 aliphatic rings. The molecule has 26 heavy (non-hydrogen) atoms. The van der Waals surface area contributed by atoms with Gasteiger partial charge in [-0.1, -0.05) is 66.7 Å². The van der Waals surface area contributed by atoms with Crippen molar-refractivity contribution >= 4 is 5.78 Å². The van der Waals surface area contributed by atoms with Crippen LogP contribution in [0.4, 0.5) is 13.2 Å². The van der Waals surface area contributed by atoms with Crippen molar-refractivity contribution in [3.8, 4) is 0 Å². The second-order valence-corrected chi connectivity index (χ2v) is 6.44. The van der Waals surface area contributed by atoms with Gasteiger partial charge < -0.3 is 0 Å². The number of hydrogen-bond acceptors (Lipinski definition) is 1. The molecular weight excluding hydrogens is 337 g/mol. The van der Waals surface area contributed by atoms with Crippen molar-refractivity contribution in [2.24, 2.45) is 0 Å². The Balaban J connectivity index is 1.91. The van der Waals surface area contributed by atoms with E-state index in [-0.39, 0.29) is 17.3 Å². The molecule has 0 heterocycles. The number of carbonyl (C=O) groups excluding carboxylic acids is 1. The number of carbonyl (C=O) groups is 1. The quantitative estimate of drug-likeness (QED) is 0.568. The van der Waals surface area contributed by atoms with Crippen molar-refractivity contribution in [3.05, 3.63) is 107 Å². The molecule has 0 radical (unpaired) electrons. The van der Waals surface area contributed by atoms with Crippen LogP contribution in [-0.2, 0) is 6.18 Å². The summed E-state index contributed by atoms with van der Waals surface area (Å²) in [6, 6.07) is 22.2. The molecule has 0 aliphatic heterocycles. The van der Waals surface area contributed by atoms with Gasteiger partial charge in [0, 0.05) is 11.5 Å². The minimum Gasteiger partial charge on any atom is -0.293 e. The lowest BCUT2D eigenvalue weighted by molar-refractivity contribution is -0.137. The molecule has 0 bridgehead atoms. The van der Waals surface area contributed by atoms with E-state index in [0.717, 1.165) is 23.3 Å². The molecule has 2 atom stereocenters. The Hall–Kier alpha value is -2.88. The Bertz CT molecular complexity index is 946. The minimum atomic E-state index is -4.47. The van der Waals surface area contributed by atoms with Crippen LogP contribution < -0.4 is 0 Å². The highest BCUT2D eigenvalue weighted by molar-refractivity contribution is 6.07. The predicted octanol–water partition coefficient (Wildman–Crippen LogP) is 5.82. The molecule has 130 valence electrons. The first kappa shape index (κ1) is 16.6. The largest absolute Gasteiger partial charge is 0.416 e. The zero-order chi connectivity index (χ0) is 18.3. The molecule has 0 saturated carbocycles. The number of benzene rings is 3. The first-order valence-corrected chi connectivity index (χ1v) is 8.32. The van der Waals surface area contributed by atoms with Gasteiger partial charge in [-0.15, -0.1) is 0 Å². The van der Waals surface area contributed by atoms with E-state index in [1.165, 1.54) is 6.07 Å². The normalized spacial score (nSPS) is 19.4. The van der Waals surface area contributed by atoms with Crippen LogP contribution in [0.1, 0.15) is 44.4 Å². The van der Waals surface area contributed by atoms with Crippen LogP contribution in [0.25, 0.3) is 0 Å². The summed E-state index contributed by atoms with van der Waals surface area (Å²) < 4.78 is 39.3. The average Bonchev–Trinajstić information content (AvgIpc) is 2.95. The van der Waals surface area contributed by atoms with Gasteiger partial charge in [-0.05, 0) is 28.8 Å². The standard InChI is InChI=1S/C22H15F3O/c23-22(24,25)16-11-12-17-18(13-16)21(26)20(15-9-5-2-6-10-15)19(17)14-7-3-1-4-8-14/h1-13,19-20H. The number of halogens is 3. The van der Waals surface area contributed by atoms with E-state index in [0.29, 0.717) is 5.56 Å². The third-order valence-corrected chi connectivity index (χ3v) is 4.91. The lowest BCUT2D eigenvalue weighted by Crippen LogP contribution is -2.12. The number of alkyl halides is 3. The number of hydrogen-bond donors (Lipinski definition) is 0. The van der Waals surface area contributed by atoms with Crippen LogP contribution in [0.5, 0.6) is 0 Å². The van der Waals surface area contributed by atoms with E-state index < -0.39 is 17.7 Å². The number of rotatable bonds is 2. The fourth-order valence-electron chi connectivity index (χ4n) is 3.75. The lowest BCUT2D eigenvalue weighted by Gasteiger charge is -2.20. The number of Topliss-reactive ketones (excluding diaryl/α,β-unsaturated/α-hetero) is 1. The van der Waals surface area contributed by atoms with E-state index in [1.807, 2.05) is 60.7 Å². The van der Waals surface area contributed by atoms with Gasteiger partial charge in [0.25, 0.3) is 0 Å². The molecule has 0 saturated heterocycles. The van der Waals surface area contributed by atoms with Gasteiger partial charge in [-0.3, -0.25) is 4.79 Å². The summed E-state index contributed by atoms with van der Waals surface area (Å²) in [6.45, 7) is 0. The molecule has 0 N–H and O–H groups in total. The zero-order valence-electron chi connectivity index (χ0n) is 13.7. The van der Waals surface area contributed by atoms with Crippen molar-refractivity contribution in [1.82, 2.24) is 0 Å². The summed E-state index contributed by atoms with van der Waals surface area (Å²) in [5, 5.41) is 0. The monoisotopic (exact) mass is 352 g/mol. The first-order chi connectivity index (χ1) is 12.5. The highest BCUT2D eigenvalue weighted by atomic mass is 19.4. The molecule has 2 unspecified atom stereocenters. The second kappa shape index (κ2) is 6.13. The Kier molecular flexibility index (Phi) is 3.91. The van der Waals surface area contributed by atoms with Crippen molar-refractivity contribution in [2.75, 3.05) is 0 Å². The van der Waals surface area contributed by atoms with Crippen molar-refractivity contribution in [1.29, 1.82) is 0 Å². The summed E-state index contributed by atoms with van der Waals surface area (Å²) in [7, 11) is 0. The molecule has 1 nitrogen and oxygen atoms in total. The maximum absolute atomic E-state index is 13.1. The van der Waals surface area contributed by atoms with Gasteiger partial charge in [0.2, 0.25) is 0 Å². The lowest BCUT2D eigenvalue weighted by atomic mass is 9.81. The number of ketones is 1. The van der Waals surface area contributed by atoms with E-state index in [1.54, 1.807) is 0 Å². The molecule has 4 heteroatoms. The van der Waals surface area contributed by atoms with Gasteiger partial charge in [-0.25, -0.2) is 0 Å². The van der Waals surface area contributed by atoms with Gasteiger partial charge in [0.1, 0.15) is 0 Å². The number of fused-ring (bicyclic) bond motifs is 1. The Labute approximate surface area is 149 Å². The molecule has 3 aromatic rings. The Morgan fingerprint density at radius 1 is 0.692 bits per heavy atom. The Morgan fingerprint density at radius 2 is 1.23 bits per heavy atom. The smallest absolute Gasteiger partial charge is 0.293 e. The summed E-state index contributed by atoms with van der Waals surface area (Å²) in [4.78, 5) is 13.1. The summed E-state index contributed by atoms with van der Waals surface area (Å²) in [6.07, 6.45) is -4.47. The second-order valence-electron chi connectivity index (χ2n) is 6.44. The SMILES string of the molecule is O=C1c2cc(C(F)(F)F)ccc2C(c2ccccc2)C1c1ccccc1. The summed E-state index contributed by atoms with van der Waals surface area (Å²) >= 11 is 0. The van der Waals surface area contributed by atoms with E-state index in [2.05, 4.69) is 0 Å². The van der Waals surface area contributed by atoms with Crippen molar-refractivity contribution < 1.29 is 18.0 Å². The van der Waals surface area contributed by atoms with Gasteiger partial charge in [0.05, 0.1) is 11.5 Å². The van der Waals surface area contributed by atoms with Crippen LogP contribution >= 0.6 is 0 Å². The van der Waals surface area contributed by atoms with Crippen LogP contribution in [-0.4, -0.2) is 5.78 Å². The fourth-order valence-corrected chi connectivity index (χ4v) is 3.75. The molecule has 3 aromatic carbocycles. The molecule has 1 aliphatic carbocycles. The van der Waals surface area contributed by atoms with Crippen LogP contribution in [0.2, 0.25) is 0 Å². The topological polar surface area (TPSA) is 17.1 Å². The fraction of sp³-hybridized carbons (Fsp3) is 0.136. The molecule has 0 fully saturated rings. The van der Waals surface area contributed by atoms with E-state index in [9.17, 15) is 18.0 Å². The van der Waals surface area contributed by atoms with Crippen LogP contribution in [0, 0.1) is 0 Å². The molecule has 4 rings (SSSR count). The maximum Gasteiger partial charge on any atom is 0.416 e. The predicted molar refractivity (Wildman–Crippen MR) is 93.2 cm³/mol. The van der Waals surface area contributed by atoms with E-state index in [4.69, 9.17) is 0 Å². The maximum atomic E-state index is 13.1. The van der Waals surface area contributed by atoms with Crippen molar-refractivity contribution in [3.63, 3.8) is 0 Å². The van der Waals surface area contributed by atoms with Gasteiger partial charge in [-0.2, -0.15) is 13.2 Å². The Morgan fingerprint density at radius 3 is 1.77 bits per heavy atom. The van der Waals surface area contributed by atoms with Crippen molar-refractivity contribution in [2.45, 2.75) is 18.0 Å². The molecule has 0 aromatic heterocycles. The summed E-state index contributed by atoms with van der Waals surface area (Å²) in [5.41, 5.74) is 1.78. The average molecular weight is 352 g/mol. The highest BCUT2D eigenvalue weighted by Crippen LogP contribution is 2.48. The first-order valence-electron chi connectivity index (χ1n) is 8.32. The van der Waals surface area contributed by atoms with E-state index >= 15 is 0 Å². The molecular formula is C22H15F3O. The molecule has 0 spiro atoms. The zero-order valence-corrected chi connectivity index (χ0v) is 13.7. The minimum absolute atomic E-state index is 0.169. The third kappa shape index (κ3) is 2.71. The summed E-state index contributed by atoms with van der Waals surface area (Å²) in [5.74, 6) is -1.06. The van der Waals surface area contributed by atoms with Gasteiger partial charge >= 0.3 is 6.18 Å². The molecule has 0 amide bonds. The van der Waals surface area contributed by atoms with Crippen LogP contribution in [0.3, 0.4) is 0 Å². The highest BCUT2D eigenvalue weighted by Gasteiger charge is 2.43. The van der Waals surface area contributed by atoms with Gasteiger partial charge in [0.15, 0.2) is 5.78 Å². The third-order valence-electron chi connectivity index (χ3n) is 4.91.